The lowest BCUT2D eigenvalue weighted by molar-refractivity contribution is -0.384. The van der Waals surface area contributed by atoms with Crippen LogP contribution in [0.2, 0.25) is 0 Å². The normalized spacial score (nSPS) is 15.2. The van der Waals surface area contributed by atoms with E-state index in [4.69, 9.17) is 12.2 Å². The molecule has 0 atom stereocenters. The second-order valence-corrected chi connectivity index (χ2v) is 8.12. The van der Waals surface area contributed by atoms with E-state index in [0.29, 0.717) is 32.6 Å². The summed E-state index contributed by atoms with van der Waals surface area (Å²) in [6.45, 7) is 2.37. The number of likely N-dealkylation sites (N-methyl/N-ethyl adjacent to an activating group) is 1. The minimum atomic E-state index is -0.441. The van der Waals surface area contributed by atoms with Crippen LogP contribution in [-0.4, -0.2) is 36.4 Å². The van der Waals surface area contributed by atoms with Crippen molar-refractivity contribution in [2.24, 2.45) is 0 Å². The standard InChI is InChI=1S/C21H16N4O3S2/c1-2-23-20(26)18(30-21(23)29)12-15-13-24(16-8-4-3-5-9-16)22-19(15)14-7-6-10-17(11-14)25(27)28/h3-13H,2H2,1H3. The van der Waals surface area contributed by atoms with Gasteiger partial charge in [0, 0.05) is 36.0 Å². The molecule has 1 aliphatic heterocycles. The average molecular weight is 437 g/mol. The van der Waals surface area contributed by atoms with Crippen molar-refractivity contribution >= 4 is 46.0 Å². The molecule has 0 radical (unpaired) electrons. The number of hydrogen-bond donors (Lipinski definition) is 0. The minimum Gasteiger partial charge on any atom is -0.293 e. The van der Waals surface area contributed by atoms with Gasteiger partial charge in [0.05, 0.1) is 15.5 Å². The maximum Gasteiger partial charge on any atom is 0.270 e. The van der Waals surface area contributed by atoms with E-state index in [0.717, 1.165) is 5.69 Å². The van der Waals surface area contributed by atoms with Crippen LogP contribution in [0.3, 0.4) is 0 Å². The fourth-order valence-corrected chi connectivity index (χ4v) is 4.49. The van der Waals surface area contributed by atoms with Crippen LogP contribution >= 0.6 is 24.0 Å². The van der Waals surface area contributed by atoms with Crippen LogP contribution < -0.4 is 0 Å². The summed E-state index contributed by atoms with van der Waals surface area (Å²) in [6.07, 6.45) is 3.55. The second kappa shape index (κ2) is 8.21. The van der Waals surface area contributed by atoms with E-state index in [1.54, 1.807) is 27.8 Å². The number of nitro groups is 1. The summed E-state index contributed by atoms with van der Waals surface area (Å²) in [5, 5.41) is 15.9. The Kier molecular flexibility index (Phi) is 5.47. The van der Waals surface area contributed by atoms with Gasteiger partial charge in [0.25, 0.3) is 11.6 Å². The first kappa shape index (κ1) is 20.0. The molecule has 1 saturated heterocycles. The van der Waals surface area contributed by atoms with E-state index in [2.05, 4.69) is 5.10 Å². The maximum absolute atomic E-state index is 12.7. The van der Waals surface area contributed by atoms with Gasteiger partial charge in [-0.05, 0) is 25.1 Å². The lowest BCUT2D eigenvalue weighted by atomic mass is 10.1. The van der Waals surface area contributed by atoms with Gasteiger partial charge >= 0.3 is 0 Å². The van der Waals surface area contributed by atoms with Crippen molar-refractivity contribution in [2.75, 3.05) is 6.54 Å². The first-order valence-corrected chi connectivity index (χ1v) is 10.4. The fraction of sp³-hybridized carbons (Fsp3) is 0.0952. The molecule has 0 spiro atoms. The highest BCUT2D eigenvalue weighted by atomic mass is 32.2. The van der Waals surface area contributed by atoms with E-state index >= 15 is 0 Å². The van der Waals surface area contributed by atoms with Gasteiger partial charge in [0.2, 0.25) is 0 Å². The van der Waals surface area contributed by atoms with Crippen LogP contribution in [0.4, 0.5) is 5.69 Å². The second-order valence-electron chi connectivity index (χ2n) is 6.45. The topological polar surface area (TPSA) is 81.3 Å². The van der Waals surface area contributed by atoms with E-state index in [-0.39, 0.29) is 11.6 Å². The zero-order chi connectivity index (χ0) is 21.3. The number of non-ortho nitro benzene ring substituents is 1. The average Bonchev–Trinajstić information content (AvgIpc) is 3.29. The van der Waals surface area contributed by atoms with Gasteiger partial charge in [-0.1, -0.05) is 54.3 Å². The Morgan fingerprint density at radius 1 is 1.20 bits per heavy atom. The van der Waals surface area contributed by atoms with Gasteiger partial charge in [0.1, 0.15) is 10.0 Å². The van der Waals surface area contributed by atoms with Gasteiger partial charge in [0.15, 0.2) is 0 Å². The van der Waals surface area contributed by atoms with Crippen LogP contribution in [0.25, 0.3) is 23.0 Å². The molecule has 0 saturated carbocycles. The van der Waals surface area contributed by atoms with Crippen molar-refractivity contribution in [1.82, 2.24) is 14.7 Å². The number of carbonyl (C=O) groups is 1. The predicted molar refractivity (Wildman–Crippen MR) is 121 cm³/mol. The maximum atomic E-state index is 12.7. The Labute approximate surface area is 182 Å². The van der Waals surface area contributed by atoms with Gasteiger partial charge in [-0.2, -0.15) is 5.10 Å². The van der Waals surface area contributed by atoms with Crippen LogP contribution in [-0.2, 0) is 4.79 Å². The molecule has 3 aromatic rings. The van der Waals surface area contributed by atoms with E-state index in [1.165, 1.54) is 23.9 Å². The summed E-state index contributed by atoms with van der Waals surface area (Å²) in [4.78, 5) is 25.5. The third kappa shape index (κ3) is 3.77. The van der Waals surface area contributed by atoms with Crippen molar-refractivity contribution in [2.45, 2.75) is 6.92 Å². The van der Waals surface area contributed by atoms with Gasteiger partial charge < -0.3 is 0 Å². The van der Waals surface area contributed by atoms with Crippen LogP contribution in [0.15, 0.2) is 65.7 Å². The monoisotopic (exact) mass is 436 g/mol. The van der Waals surface area contributed by atoms with Crippen molar-refractivity contribution in [3.05, 3.63) is 81.4 Å². The third-order valence-electron chi connectivity index (χ3n) is 4.57. The molecule has 7 nitrogen and oxygen atoms in total. The molecule has 150 valence electrons. The molecule has 30 heavy (non-hydrogen) atoms. The number of amides is 1. The molecule has 1 aromatic heterocycles. The third-order valence-corrected chi connectivity index (χ3v) is 5.95. The molecule has 1 aliphatic rings. The Morgan fingerprint density at radius 2 is 1.97 bits per heavy atom. The molecule has 1 fully saturated rings. The molecule has 4 rings (SSSR count). The van der Waals surface area contributed by atoms with E-state index in [1.807, 2.05) is 43.5 Å². The first-order chi connectivity index (χ1) is 14.5. The molecule has 9 heteroatoms. The summed E-state index contributed by atoms with van der Waals surface area (Å²) in [5.41, 5.74) is 2.63. The van der Waals surface area contributed by atoms with Crippen LogP contribution in [0, 0.1) is 10.1 Å². The first-order valence-electron chi connectivity index (χ1n) is 9.13. The van der Waals surface area contributed by atoms with E-state index < -0.39 is 4.92 Å². The van der Waals surface area contributed by atoms with Crippen LogP contribution in [0.1, 0.15) is 12.5 Å². The summed E-state index contributed by atoms with van der Waals surface area (Å²) in [7, 11) is 0. The highest BCUT2D eigenvalue weighted by Gasteiger charge is 2.31. The number of nitrogens with zero attached hydrogens (tertiary/aromatic N) is 4. The summed E-state index contributed by atoms with van der Waals surface area (Å²) in [6, 6.07) is 15.8. The van der Waals surface area contributed by atoms with Crippen molar-refractivity contribution in [1.29, 1.82) is 0 Å². The summed E-state index contributed by atoms with van der Waals surface area (Å²) >= 11 is 6.54. The smallest absolute Gasteiger partial charge is 0.270 e. The number of benzene rings is 2. The Morgan fingerprint density at radius 3 is 2.63 bits per heavy atom. The van der Waals surface area contributed by atoms with Crippen molar-refractivity contribution in [3.8, 4) is 16.9 Å². The number of nitro benzene ring substituents is 1. The van der Waals surface area contributed by atoms with Crippen LogP contribution in [0.5, 0.6) is 0 Å². The zero-order valence-electron chi connectivity index (χ0n) is 15.9. The lowest BCUT2D eigenvalue weighted by Gasteiger charge is -2.09. The molecule has 1 amide bonds. The lowest BCUT2D eigenvalue weighted by Crippen LogP contribution is -2.27. The van der Waals surface area contributed by atoms with Gasteiger partial charge in [-0.25, -0.2) is 4.68 Å². The number of hydrogen-bond acceptors (Lipinski definition) is 6. The Balaban J connectivity index is 1.85. The number of thiocarbonyl (C=S) groups is 1. The SMILES string of the molecule is CCN1C(=O)C(=Cc2cn(-c3ccccc3)nc2-c2cccc([N+](=O)[O-])c2)SC1=S. The molecule has 0 unspecified atom stereocenters. The summed E-state index contributed by atoms with van der Waals surface area (Å²) in [5.74, 6) is -0.148. The number of thioether (sulfide) groups is 1. The molecule has 2 heterocycles. The highest BCUT2D eigenvalue weighted by Crippen LogP contribution is 2.35. The quantitative estimate of drug-likeness (QED) is 0.250. The number of carbonyl (C=O) groups excluding carboxylic acids is 1. The Bertz CT molecular complexity index is 1190. The van der Waals surface area contributed by atoms with Gasteiger partial charge in [-0.3, -0.25) is 19.8 Å². The summed E-state index contributed by atoms with van der Waals surface area (Å²) < 4.78 is 2.21. The molecular weight excluding hydrogens is 420 g/mol. The Hall–Kier alpha value is -3.30. The fourth-order valence-electron chi connectivity index (χ4n) is 3.11. The van der Waals surface area contributed by atoms with Gasteiger partial charge in [-0.15, -0.1) is 0 Å². The van der Waals surface area contributed by atoms with Crippen molar-refractivity contribution in [3.63, 3.8) is 0 Å². The largest absolute Gasteiger partial charge is 0.293 e. The zero-order valence-corrected chi connectivity index (χ0v) is 17.5. The molecule has 0 N–H and O–H groups in total. The molecule has 0 bridgehead atoms. The van der Waals surface area contributed by atoms with E-state index in [9.17, 15) is 14.9 Å². The van der Waals surface area contributed by atoms with Crippen molar-refractivity contribution < 1.29 is 9.72 Å². The molecule has 0 aliphatic carbocycles. The molecule has 2 aromatic carbocycles. The molecular formula is C21H16N4O3S2. The predicted octanol–water partition coefficient (Wildman–Crippen LogP) is 4.67. The highest BCUT2D eigenvalue weighted by molar-refractivity contribution is 8.26. The number of aromatic nitrogens is 2. The minimum absolute atomic E-state index is 0.0231. The number of rotatable bonds is 5. The number of para-hydroxylation sites is 1.